The molecule has 2 aliphatic carbocycles. The number of hydrogen-bond acceptors (Lipinski definition) is 9. The average Bonchev–Trinajstić information content (AvgIpc) is 3.47. The minimum absolute atomic E-state index is 0.279. The first-order valence-corrected chi connectivity index (χ1v) is 11.7. The Morgan fingerprint density at radius 3 is 2.53 bits per heavy atom. The van der Waals surface area contributed by atoms with Crippen molar-refractivity contribution in [1.82, 2.24) is 20.2 Å². The van der Waals surface area contributed by atoms with E-state index in [4.69, 9.17) is 20.7 Å². The van der Waals surface area contributed by atoms with E-state index in [0.717, 1.165) is 37.1 Å². The van der Waals surface area contributed by atoms with Gasteiger partial charge in [-0.2, -0.15) is 0 Å². The summed E-state index contributed by atoms with van der Waals surface area (Å²) in [6.45, 7) is 2.29. The van der Waals surface area contributed by atoms with Gasteiger partial charge in [-0.25, -0.2) is 10.8 Å². The van der Waals surface area contributed by atoms with Gasteiger partial charge in [0, 0.05) is 13.0 Å². The quantitative estimate of drug-likeness (QED) is 0.415. The Morgan fingerprint density at radius 1 is 1.12 bits per heavy atom. The van der Waals surface area contributed by atoms with E-state index >= 15 is 0 Å². The van der Waals surface area contributed by atoms with E-state index in [-0.39, 0.29) is 6.10 Å². The summed E-state index contributed by atoms with van der Waals surface area (Å²) in [5.41, 5.74) is 9.11. The van der Waals surface area contributed by atoms with Gasteiger partial charge >= 0.3 is 6.01 Å². The molecule has 0 aliphatic heterocycles. The maximum absolute atomic E-state index is 6.46. The number of rotatable bonds is 8. The minimum Gasteiger partial charge on any atom is -0.489 e. The molecule has 4 rings (SSSR count). The van der Waals surface area contributed by atoms with Crippen molar-refractivity contribution >= 4 is 11.7 Å². The summed E-state index contributed by atoms with van der Waals surface area (Å²) in [6.07, 6.45) is 10.9. The SMILES string of the molecule is Cc1nc(/C(N)=C(\CNc2nnc(C3CCCC3)o2)N(C)N)ccc1OC1CCCCC1. The Morgan fingerprint density at radius 2 is 1.84 bits per heavy atom. The van der Waals surface area contributed by atoms with Crippen molar-refractivity contribution in [3.63, 3.8) is 0 Å². The molecule has 9 heteroatoms. The second kappa shape index (κ2) is 10.2. The summed E-state index contributed by atoms with van der Waals surface area (Å²) in [5.74, 6) is 7.97. The summed E-state index contributed by atoms with van der Waals surface area (Å²) < 4.78 is 12.0. The van der Waals surface area contributed by atoms with E-state index in [0.29, 0.717) is 41.5 Å². The fraction of sp³-hybridized carbons (Fsp3) is 0.609. The molecule has 174 valence electrons. The van der Waals surface area contributed by atoms with Crippen molar-refractivity contribution in [3.05, 3.63) is 35.1 Å². The lowest BCUT2D eigenvalue weighted by Crippen LogP contribution is -2.32. The molecule has 2 aromatic heterocycles. The topological polar surface area (TPSA) is 128 Å². The monoisotopic (exact) mass is 441 g/mol. The highest BCUT2D eigenvalue weighted by Gasteiger charge is 2.23. The maximum atomic E-state index is 6.46. The standard InChI is InChI=1S/C23H35N7O2/c1-15-20(31-17-10-4-3-5-11-17)13-12-18(27-15)21(24)19(30(2)25)14-26-23-29-28-22(32-23)16-8-6-7-9-16/h12-13,16-17H,3-11,14,24-25H2,1-2H3,(H,26,29)/b21-19-. The van der Waals surface area contributed by atoms with Crippen LogP contribution in [0.3, 0.4) is 0 Å². The molecular formula is C23H35N7O2. The third-order valence-corrected chi connectivity index (χ3v) is 6.45. The van der Waals surface area contributed by atoms with Gasteiger partial charge < -0.3 is 25.2 Å². The minimum atomic E-state index is 0.279. The maximum Gasteiger partial charge on any atom is 0.315 e. The van der Waals surface area contributed by atoms with E-state index in [1.165, 1.54) is 37.1 Å². The molecule has 0 unspecified atom stereocenters. The largest absolute Gasteiger partial charge is 0.489 e. The number of hydrazine groups is 1. The van der Waals surface area contributed by atoms with Crippen molar-refractivity contribution in [2.24, 2.45) is 11.6 Å². The highest BCUT2D eigenvalue weighted by atomic mass is 16.5. The fourth-order valence-corrected chi connectivity index (χ4v) is 4.55. The number of aryl methyl sites for hydroxylation is 1. The van der Waals surface area contributed by atoms with E-state index in [2.05, 4.69) is 20.5 Å². The van der Waals surface area contributed by atoms with Gasteiger partial charge in [-0.3, -0.25) is 0 Å². The number of pyridine rings is 1. The molecule has 2 aliphatic rings. The van der Waals surface area contributed by atoms with Crippen LogP contribution in [0.2, 0.25) is 0 Å². The molecule has 0 aromatic carbocycles. The smallest absolute Gasteiger partial charge is 0.315 e. The Bertz CT molecular complexity index is 928. The summed E-state index contributed by atoms with van der Waals surface area (Å²) in [5, 5.41) is 13.0. The first-order chi connectivity index (χ1) is 15.5. The number of anilines is 1. The first-order valence-electron chi connectivity index (χ1n) is 11.7. The van der Waals surface area contributed by atoms with Crippen LogP contribution in [-0.4, -0.2) is 39.9 Å². The van der Waals surface area contributed by atoms with Crippen molar-refractivity contribution < 1.29 is 9.15 Å². The number of nitrogens with zero attached hydrogens (tertiary/aromatic N) is 4. The highest BCUT2D eigenvalue weighted by molar-refractivity contribution is 5.64. The van der Waals surface area contributed by atoms with Crippen molar-refractivity contribution in [1.29, 1.82) is 0 Å². The number of likely N-dealkylation sites (N-methyl/N-ethyl adjacent to an activating group) is 1. The van der Waals surface area contributed by atoms with Gasteiger partial charge in [-0.15, -0.1) is 5.10 Å². The van der Waals surface area contributed by atoms with Crippen LogP contribution in [0.1, 0.15) is 81.0 Å². The number of aromatic nitrogens is 3. The van der Waals surface area contributed by atoms with E-state index < -0.39 is 0 Å². The predicted molar refractivity (Wildman–Crippen MR) is 124 cm³/mol. The number of nitrogens with two attached hydrogens (primary N) is 2. The molecule has 5 N–H and O–H groups in total. The van der Waals surface area contributed by atoms with Gasteiger partial charge in [0.1, 0.15) is 5.75 Å². The van der Waals surface area contributed by atoms with Gasteiger partial charge in [0.2, 0.25) is 5.89 Å². The van der Waals surface area contributed by atoms with Gasteiger partial charge in [-0.1, -0.05) is 24.4 Å². The van der Waals surface area contributed by atoms with Crippen molar-refractivity contribution in [3.8, 4) is 5.75 Å². The lowest BCUT2D eigenvalue weighted by Gasteiger charge is -2.24. The molecule has 0 radical (unpaired) electrons. The molecule has 0 spiro atoms. The molecule has 2 fully saturated rings. The van der Waals surface area contributed by atoms with Gasteiger partial charge in [-0.05, 0) is 57.6 Å². The highest BCUT2D eigenvalue weighted by Crippen LogP contribution is 2.33. The van der Waals surface area contributed by atoms with Crippen LogP contribution in [0.25, 0.3) is 5.70 Å². The third kappa shape index (κ3) is 5.32. The molecule has 2 saturated carbocycles. The van der Waals surface area contributed by atoms with Crippen LogP contribution in [0, 0.1) is 6.92 Å². The molecular weight excluding hydrogens is 406 g/mol. The van der Waals surface area contributed by atoms with Crippen LogP contribution in [-0.2, 0) is 0 Å². The number of nitrogens with one attached hydrogen (secondary N) is 1. The van der Waals surface area contributed by atoms with Crippen molar-refractivity contribution in [2.75, 3.05) is 18.9 Å². The van der Waals surface area contributed by atoms with E-state index in [1.807, 2.05) is 19.1 Å². The van der Waals surface area contributed by atoms with Gasteiger partial charge in [0.15, 0.2) is 0 Å². The summed E-state index contributed by atoms with van der Waals surface area (Å²) in [7, 11) is 1.75. The fourth-order valence-electron chi connectivity index (χ4n) is 4.55. The van der Waals surface area contributed by atoms with Crippen LogP contribution < -0.4 is 21.6 Å². The summed E-state index contributed by atoms with van der Waals surface area (Å²) in [6, 6.07) is 4.21. The molecule has 0 bridgehead atoms. The molecule has 0 saturated heterocycles. The first kappa shape index (κ1) is 22.4. The second-order valence-electron chi connectivity index (χ2n) is 8.91. The average molecular weight is 442 g/mol. The molecule has 2 aromatic rings. The zero-order valence-electron chi connectivity index (χ0n) is 19.1. The molecule has 0 amide bonds. The lowest BCUT2D eigenvalue weighted by atomic mass is 9.98. The molecule has 32 heavy (non-hydrogen) atoms. The van der Waals surface area contributed by atoms with Gasteiger partial charge in [0.25, 0.3) is 0 Å². The van der Waals surface area contributed by atoms with Crippen LogP contribution in [0.15, 0.2) is 22.2 Å². The normalized spacial score (nSPS) is 18.5. The summed E-state index contributed by atoms with van der Waals surface area (Å²) >= 11 is 0. The van der Waals surface area contributed by atoms with Crippen LogP contribution in [0.5, 0.6) is 5.75 Å². The van der Waals surface area contributed by atoms with Gasteiger partial charge in [0.05, 0.1) is 35.4 Å². The Labute approximate surface area is 189 Å². The summed E-state index contributed by atoms with van der Waals surface area (Å²) in [4.78, 5) is 4.68. The Hall–Kier alpha value is -2.81. The third-order valence-electron chi connectivity index (χ3n) is 6.45. The van der Waals surface area contributed by atoms with E-state index in [9.17, 15) is 0 Å². The molecule has 0 atom stereocenters. The Balaban J connectivity index is 1.44. The van der Waals surface area contributed by atoms with E-state index in [1.54, 1.807) is 7.05 Å². The molecule has 9 nitrogen and oxygen atoms in total. The number of hydrogen-bond donors (Lipinski definition) is 3. The van der Waals surface area contributed by atoms with Crippen LogP contribution in [0.4, 0.5) is 6.01 Å². The lowest BCUT2D eigenvalue weighted by molar-refractivity contribution is 0.153. The van der Waals surface area contributed by atoms with Crippen LogP contribution >= 0.6 is 0 Å². The predicted octanol–water partition coefficient (Wildman–Crippen LogP) is 3.69. The zero-order chi connectivity index (χ0) is 22.5. The Kier molecular flexibility index (Phi) is 7.14. The number of ether oxygens (including phenoxy) is 1. The second-order valence-corrected chi connectivity index (χ2v) is 8.91. The zero-order valence-corrected chi connectivity index (χ0v) is 19.1. The molecule has 2 heterocycles. The van der Waals surface area contributed by atoms with Crippen molar-refractivity contribution in [2.45, 2.75) is 76.7 Å².